The number of aromatic nitrogens is 2. The molecule has 0 fully saturated rings. The molecule has 0 aliphatic heterocycles. The Morgan fingerprint density at radius 2 is 2.00 bits per heavy atom. The third kappa shape index (κ3) is 5.57. The van der Waals surface area contributed by atoms with Crippen LogP contribution in [0.25, 0.3) is 0 Å². The molecule has 0 bridgehead atoms. The zero-order chi connectivity index (χ0) is 14.2. The fourth-order valence-corrected chi connectivity index (χ4v) is 1.97. The van der Waals surface area contributed by atoms with Crippen LogP contribution in [0.1, 0.15) is 17.5 Å². The molecular weight excluding hydrogens is 288 g/mol. The van der Waals surface area contributed by atoms with Gasteiger partial charge in [-0.2, -0.15) is 5.10 Å². The first-order chi connectivity index (χ1) is 9.79. The van der Waals surface area contributed by atoms with Crippen LogP contribution in [-0.2, 0) is 17.9 Å². The second-order valence-corrected chi connectivity index (χ2v) is 4.60. The number of hydrogen-bond donors (Lipinski definition) is 2. The van der Waals surface area contributed by atoms with Gasteiger partial charge in [0, 0.05) is 31.9 Å². The van der Waals surface area contributed by atoms with Gasteiger partial charge in [0.1, 0.15) is 0 Å². The molecule has 2 rings (SSSR count). The molecule has 1 amide bonds. The maximum Gasteiger partial charge on any atom is 0.221 e. The average Bonchev–Trinajstić information content (AvgIpc) is 2.97. The number of amides is 1. The van der Waals surface area contributed by atoms with Gasteiger partial charge in [0.15, 0.2) is 0 Å². The van der Waals surface area contributed by atoms with Gasteiger partial charge in [0.2, 0.25) is 5.91 Å². The lowest BCUT2D eigenvalue weighted by atomic mass is 10.1. The summed E-state index contributed by atoms with van der Waals surface area (Å²) in [5.41, 5.74) is 2.30. The Kier molecular flexibility index (Phi) is 7.50. The molecule has 1 aromatic heterocycles. The Balaban J connectivity index is 0.00000220. The number of benzene rings is 1. The number of rotatable bonds is 7. The summed E-state index contributed by atoms with van der Waals surface area (Å²) in [6.45, 7) is 1.97. The summed E-state index contributed by atoms with van der Waals surface area (Å²) >= 11 is 0. The quantitative estimate of drug-likeness (QED) is 0.816. The number of nitrogens with zero attached hydrogens (tertiary/aromatic N) is 2. The van der Waals surface area contributed by atoms with E-state index in [1.807, 2.05) is 42.2 Å². The van der Waals surface area contributed by atoms with Crippen LogP contribution in [0.15, 0.2) is 42.7 Å². The lowest BCUT2D eigenvalue weighted by molar-refractivity contribution is -0.121. The maximum atomic E-state index is 11.6. The van der Waals surface area contributed by atoms with Gasteiger partial charge in [-0.15, -0.1) is 12.4 Å². The number of carbonyl (C=O) groups excluding carboxylic acids is 1. The predicted octanol–water partition coefficient (Wildman–Crippen LogP) is 1.58. The van der Waals surface area contributed by atoms with Crippen molar-refractivity contribution >= 4 is 18.3 Å². The van der Waals surface area contributed by atoms with Crippen LogP contribution < -0.4 is 10.6 Å². The number of hydrogen-bond acceptors (Lipinski definition) is 3. The molecule has 0 saturated heterocycles. The number of nitrogens with one attached hydrogen (secondary N) is 2. The van der Waals surface area contributed by atoms with Gasteiger partial charge in [0.25, 0.3) is 0 Å². The predicted molar refractivity (Wildman–Crippen MR) is 85.4 cm³/mol. The summed E-state index contributed by atoms with van der Waals surface area (Å²) < 4.78 is 1.88. The van der Waals surface area contributed by atoms with Crippen LogP contribution >= 0.6 is 12.4 Å². The summed E-state index contributed by atoms with van der Waals surface area (Å²) in [5.74, 6) is 0.0632. The van der Waals surface area contributed by atoms with Crippen molar-refractivity contribution in [2.75, 3.05) is 13.6 Å². The van der Waals surface area contributed by atoms with E-state index in [-0.39, 0.29) is 18.3 Å². The van der Waals surface area contributed by atoms with E-state index in [1.54, 1.807) is 6.20 Å². The minimum Gasteiger partial charge on any atom is -0.352 e. The highest BCUT2D eigenvalue weighted by molar-refractivity contribution is 5.85. The summed E-state index contributed by atoms with van der Waals surface area (Å²) in [6, 6.07) is 10.0. The molecule has 2 N–H and O–H groups in total. The van der Waals surface area contributed by atoms with E-state index in [2.05, 4.69) is 21.8 Å². The molecule has 0 spiro atoms. The van der Waals surface area contributed by atoms with Crippen LogP contribution in [0.2, 0.25) is 0 Å². The van der Waals surface area contributed by atoms with Crippen molar-refractivity contribution in [1.29, 1.82) is 0 Å². The number of halogens is 1. The molecule has 0 saturated carbocycles. The Morgan fingerprint density at radius 1 is 1.24 bits per heavy atom. The van der Waals surface area contributed by atoms with Crippen molar-refractivity contribution < 1.29 is 4.79 Å². The summed E-state index contributed by atoms with van der Waals surface area (Å²) in [6.07, 6.45) is 4.20. The molecule has 0 atom stereocenters. The Hall–Kier alpha value is -1.85. The fraction of sp³-hybridized carbons (Fsp3) is 0.333. The summed E-state index contributed by atoms with van der Waals surface area (Å²) in [7, 11) is 1.84. The van der Waals surface area contributed by atoms with Crippen molar-refractivity contribution in [3.63, 3.8) is 0 Å². The normalized spacial score (nSPS) is 9.95. The van der Waals surface area contributed by atoms with E-state index in [1.165, 1.54) is 5.56 Å². The molecule has 0 radical (unpaired) electrons. The van der Waals surface area contributed by atoms with Crippen molar-refractivity contribution in [1.82, 2.24) is 20.4 Å². The average molecular weight is 309 g/mol. The molecule has 114 valence electrons. The Morgan fingerprint density at radius 3 is 2.67 bits per heavy atom. The molecule has 0 aliphatic carbocycles. The minimum atomic E-state index is 0. The van der Waals surface area contributed by atoms with Crippen molar-refractivity contribution in [3.05, 3.63) is 53.9 Å². The van der Waals surface area contributed by atoms with Gasteiger partial charge in [-0.05, 0) is 24.2 Å². The second kappa shape index (κ2) is 9.15. The van der Waals surface area contributed by atoms with Crippen molar-refractivity contribution in [2.24, 2.45) is 0 Å². The molecule has 0 unspecified atom stereocenters. The lowest BCUT2D eigenvalue weighted by Gasteiger charge is -2.11. The summed E-state index contributed by atoms with van der Waals surface area (Å²) in [4.78, 5) is 11.6. The zero-order valence-electron chi connectivity index (χ0n) is 12.1. The zero-order valence-corrected chi connectivity index (χ0v) is 12.9. The minimum absolute atomic E-state index is 0. The van der Waals surface area contributed by atoms with Crippen LogP contribution in [-0.4, -0.2) is 29.3 Å². The molecule has 0 aliphatic rings. The van der Waals surface area contributed by atoms with Gasteiger partial charge in [-0.3, -0.25) is 9.48 Å². The second-order valence-electron chi connectivity index (χ2n) is 4.60. The molecule has 5 nitrogen and oxygen atoms in total. The monoisotopic (exact) mass is 308 g/mol. The highest BCUT2D eigenvalue weighted by Gasteiger charge is 2.05. The van der Waals surface area contributed by atoms with Crippen molar-refractivity contribution in [2.45, 2.75) is 19.5 Å². The Bertz CT molecular complexity index is 542. The van der Waals surface area contributed by atoms with E-state index in [0.717, 1.165) is 12.1 Å². The van der Waals surface area contributed by atoms with Crippen LogP contribution in [0, 0.1) is 0 Å². The van der Waals surface area contributed by atoms with Gasteiger partial charge in [-0.1, -0.05) is 24.3 Å². The smallest absolute Gasteiger partial charge is 0.221 e. The van der Waals surface area contributed by atoms with Gasteiger partial charge in [-0.25, -0.2) is 0 Å². The third-order valence-corrected chi connectivity index (χ3v) is 3.09. The van der Waals surface area contributed by atoms with Crippen LogP contribution in [0.3, 0.4) is 0 Å². The van der Waals surface area contributed by atoms with Crippen molar-refractivity contribution in [3.8, 4) is 0 Å². The molecule has 1 heterocycles. The van der Waals surface area contributed by atoms with Gasteiger partial charge in [0.05, 0.1) is 6.54 Å². The van der Waals surface area contributed by atoms with E-state index < -0.39 is 0 Å². The van der Waals surface area contributed by atoms with Gasteiger partial charge < -0.3 is 10.6 Å². The van der Waals surface area contributed by atoms with E-state index in [0.29, 0.717) is 19.5 Å². The van der Waals surface area contributed by atoms with E-state index in [9.17, 15) is 4.79 Å². The Labute approximate surface area is 131 Å². The first kappa shape index (κ1) is 17.2. The number of carbonyl (C=O) groups is 1. The first-order valence-corrected chi connectivity index (χ1v) is 6.75. The van der Waals surface area contributed by atoms with Crippen LogP contribution in [0.4, 0.5) is 0 Å². The van der Waals surface area contributed by atoms with E-state index in [4.69, 9.17) is 0 Å². The highest BCUT2D eigenvalue weighted by Crippen LogP contribution is 2.10. The third-order valence-electron chi connectivity index (χ3n) is 3.09. The molecular formula is C15H21ClN4O. The summed E-state index contributed by atoms with van der Waals surface area (Å²) in [5, 5.41) is 10.1. The highest BCUT2D eigenvalue weighted by atomic mass is 35.5. The standard InChI is InChI=1S/C15H20N4O.ClH/c1-16-9-7-15(20)17-11-13-5-2-3-6-14(13)12-19-10-4-8-18-19;/h2-6,8,10,16H,7,9,11-12H2,1H3,(H,17,20);1H. The lowest BCUT2D eigenvalue weighted by Crippen LogP contribution is -2.26. The first-order valence-electron chi connectivity index (χ1n) is 6.75. The molecule has 2 aromatic rings. The topological polar surface area (TPSA) is 59.0 Å². The molecule has 1 aromatic carbocycles. The van der Waals surface area contributed by atoms with E-state index >= 15 is 0 Å². The fourth-order valence-electron chi connectivity index (χ4n) is 1.97. The SMILES string of the molecule is CNCCC(=O)NCc1ccccc1Cn1cccn1.Cl. The molecule has 21 heavy (non-hydrogen) atoms. The maximum absolute atomic E-state index is 11.6. The van der Waals surface area contributed by atoms with Crippen LogP contribution in [0.5, 0.6) is 0 Å². The van der Waals surface area contributed by atoms with Gasteiger partial charge >= 0.3 is 0 Å². The largest absolute Gasteiger partial charge is 0.352 e. The molecule has 6 heteroatoms.